The second-order valence-electron chi connectivity index (χ2n) is 11.2. The molecule has 0 aromatic heterocycles. The third-order valence-electron chi connectivity index (χ3n) is 9.12. The van der Waals surface area contributed by atoms with Crippen LogP contribution in [0.1, 0.15) is 103 Å². The zero-order valence-corrected chi connectivity index (χ0v) is 20.4. The van der Waals surface area contributed by atoms with E-state index in [-0.39, 0.29) is 17.6 Å². The van der Waals surface area contributed by atoms with Crippen molar-refractivity contribution in [2.24, 2.45) is 35.5 Å². The molecule has 0 radical (unpaired) electrons. The molecule has 3 fully saturated rings. The largest absolute Gasteiger partial charge is 0.426 e. The van der Waals surface area contributed by atoms with Gasteiger partial charge in [-0.05, 0) is 80.2 Å². The van der Waals surface area contributed by atoms with Crippen LogP contribution in [-0.2, 0) is 4.79 Å². The van der Waals surface area contributed by atoms with Crippen molar-refractivity contribution in [3.8, 4) is 5.75 Å². The van der Waals surface area contributed by atoms with Crippen molar-refractivity contribution in [1.82, 2.24) is 0 Å². The number of hydrogen-bond donors (Lipinski definition) is 0. The van der Waals surface area contributed by atoms with Gasteiger partial charge >= 0.3 is 5.97 Å². The maximum atomic E-state index is 13.5. The molecule has 0 saturated heterocycles. The number of carbonyl (C=O) groups excluding carboxylic acids is 1. The fourth-order valence-corrected chi connectivity index (χ4v) is 7.26. The predicted octanol–water partition coefficient (Wildman–Crippen LogP) is 8.48. The average Bonchev–Trinajstić information content (AvgIpc) is 2.84. The van der Waals surface area contributed by atoms with Crippen molar-refractivity contribution >= 4 is 5.97 Å². The van der Waals surface area contributed by atoms with Gasteiger partial charge in [0, 0.05) is 6.07 Å². The summed E-state index contributed by atoms with van der Waals surface area (Å²) in [4.78, 5) is 12.9. The molecule has 33 heavy (non-hydrogen) atoms. The molecule has 4 atom stereocenters. The van der Waals surface area contributed by atoms with E-state index in [1.54, 1.807) is 0 Å². The number of unbranched alkanes of at least 4 members (excludes halogenated alkanes) is 3. The summed E-state index contributed by atoms with van der Waals surface area (Å²) in [6.45, 7) is 2.28. The zero-order chi connectivity index (χ0) is 23.2. The predicted molar refractivity (Wildman–Crippen MR) is 128 cm³/mol. The Hall–Kier alpha value is -1.45. The lowest BCUT2D eigenvalue weighted by Crippen LogP contribution is -2.40. The van der Waals surface area contributed by atoms with Crippen LogP contribution in [0.3, 0.4) is 0 Å². The minimum absolute atomic E-state index is 0.100. The first-order valence-corrected chi connectivity index (χ1v) is 13.7. The summed E-state index contributed by atoms with van der Waals surface area (Å²) in [5.41, 5.74) is 0. The van der Waals surface area contributed by atoms with Crippen LogP contribution >= 0.6 is 0 Å². The van der Waals surface area contributed by atoms with E-state index in [1.807, 2.05) is 0 Å². The molecule has 4 unspecified atom stereocenters. The normalized spacial score (nSPS) is 32.2. The van der Waals surface area contributed by atoms with Gasteiger partial charge in [-0.2, -0.15) is 0 Å². The highest BCUT2D eigenvalue weighted by atomic mass is 19.2. The summed E-state index contributed by atoms with van der Waals surface area (Å²) in [6.07, 6.45) is 19.4. The van der Waals surface area contributed by atoms with Crippen LogP contribution in [0.15, 0.2) is 18.2 Å². The van der Waals surface area contributed by atoms with Crippen molar-refractivity contribution in [2.75, 3.05) is 0 Å². The molecule has 0 aliphatic heterocycles. The van der Waals surface area contributed by atoms with Gasteiger partial charge in [-0.3, -0.25) is 4.79 Å². The molecule has 4 rings (SSSR count). The van der Waals surface area contributed by atoms with Gasteiger partial charge in [0.25, 0.3) is 0 Å². The first-order valence-electron chi connectivity index (χ1n) is 13.7. The summed E-state index contributed by atoms with van der Waals surface area (Å²) >= 11 is 0. The molecule has 4 heteroatoms. The Balaban J connectivity index is 1.26. The molecule has 3 saturated carbocycles. The SMILES string of the molecule is CCCCCCC1CCC(C2CCC3C(CCCC3C(=O)Oc3ccc(F)c(F)c3)C2)CC1. The minimum Gasteiger partial charge on any atom is -0.426 e. The molecule has 184 valence electrons. The lowest BCUT2D eigenvalue weighted by Gasteiger charge is -2.46. The Morgan fingerprint density at radius 3 is 2.42 bits per heavy atom. The summed E-state index contributed by atoms with van der Waals surface area (Å²) in [5.74, 6) is 1.54. The van der Waals surface area contributed by atoms with Crippen LogP contribution in [0, 0.1) is 47.1 Å². The highest BCUT2D eigenvalue weighted by molar-refractivity contribution is 5.75. The van der Waals surface area contributed by atoms with Gasteiger partial charge in [-0.25, -0.2) is 8.78 Å². The van der Waals surface area contributed by atoms with Crippen LogP contribution in [0.4, 0.5) is 8.78 Å². The average molecular weight is 461 g/mol. The maximum Gasteiger partial charge on any atom is 0.314 e. The molecule has 1 aromatic rings. The van der Waals surface area contributed by atoms with Gasteiger partial charge < -0.3 is 4.74 Å². The first-order chi connectivity index (χ1) is 16.0. The van der Waals surface area contributed by atoms with E-state index in [1.165, 1.54) is 83.1 Å². The van der Waals surface area contributed by atoms with Gasteiger partial charge in [0.15, 0.2) is 11.6 Å². The van der Waals surface area contributed by atoms with Crippen molar-refractivity contribution in [3.05, 3.63) is 29.8 Å². The van der Waals surface area contributed by atoms with Gasteiger partial charge in [-0.15, -0.1) is 0 Å². The summed E-state index contributed by atoms with van der Waals surface area (Å²) in [6, 6.07) is 3.34. The van der Waals surface area contributed by atoms with Crippen LogP contribution in [0.25, 0.3) is 0 Å². The maximum absolute atomic E-state index is 13.5. The lowest BCUT2D eigenvalue weighted by molar-refractivity contribution is -0.144. The van der Waals surface area contributed by atoms with Gasteiger partial charge in [0.05, 0.1) is 5.92 Å². The molecule has 0 spiro atoms. The van der Waals surface area contributed by atoms with E-state index < -0.39 is 11.6 Å². The Kier molecular flexibility index (Phi) is 8.82. The number of rotatable bonds is 8. The van der Waals surface area contributed by atoms with Crippen LogP contribution < -0.4 is 4.74 Å². The molecule has 3 aliphatic carbocycles. The molecule has 0 bridgehead atoms. The number of carbonyl (C=O) groups is 1. The van der Waals surface area contributed by atoms with Crippen LogP contribution in [-0.4, -0.2) is 5.97 Å². The highest BCUT2D eigenvalue weighted by Gasteiger charge is 2.43. The van der Waals surface area contributed by atoms with E-state index in [0.717, 1.165) is 49.1 Å². The lowest BCUT2D eigenvalue weighted by atomic mass is 9.59. The topological polar surface area (TPSA) is 26.3 Å². The molecule has 0 amide bonds. The number of esters is 1. The van der Waals surface area contributed by atoms with Gasteiger partial charge in [0.2, 0.25) is 0 Å². The molecule has 0 N–H and O–H groups in total. The molecular formula is C29H42F2O2. The number of fused-ring (bicyclic) bond motifs is 1. The quantitative estimate of drug-likeness (QED) is 0.221. The second kappa shape index (κ2) is 11.8. The van der Waals surface area contributed by atoms with Crippen LogP contribution in [0.5, 0.6) is 5.75 Å². The molecule has 2 nitrogen and oxygen atoms in total. The Labute approximate surface area is 198 Å². The fourth-order valence-electron chi connectivity index (χ4n) is 7.26. The zero-order valence-electron chi connectivity index (χ0n) is 20.4. The number of ether oxygens (including phenoxy) is 1. The third-order valence-corrected chi connectivity index (χ3v) is 9.12. The first kappa shape index (κ1) is 24.7. The number of hydrogen-bond acceptors (Lipinski definition) is 2. The monoisotopic (exact) mass is 460 g/mol. The van der Waals surface area contributed by atoms with Gasteiger partial charge in [-0.1, -0.05) is 64.7 Å². The number of benzene rings is 1. The van der Waals surface area contributed by atoms with Crippen molar-refractivity contribution in [3.63, 3.8) is 0 Å². The molecule has 3 aliphatic rings. The minimum atomic E-state index is -0.974. The van der Waals surface area contributed by atoms with E-state index in [4.69, 9.17) is 4.74 Å². The molecular weight excluding hydrogens is 418 g/mol. The Bertz CT molecular complexity index is 771. The Morgan fingerprint density at radius 1 is 0.879 bits per heavy atom. The summed E-state index contributed by atoms with van der Waals surface area (Å²) in [5, 5.41) is 0. The van der Waals surface area contributed by atoms with Crippen LogP contribution in [0.2, 0.25) is 0 Å². The van der Waals surface area contributed by atoms with Crippen molar-refractivity contribution < 1.29 is 18.3 Å². The summed E-state index contributed by atoms with van der Waals surface area (Å²) in [7, 11) is 0. The third kappa shape index (κ3) is 6.36. The summed E-state index contributed by atoms with van der Waals surface area (Å²) < 4.78 is 32.2. The van der Waals surface area contributed by atoms with E-state index >= 15 is 0 Å². The standard InChI is InChI=1S/C29H42F2O2/c1-2-3-4-5-7-20-10-12-21(13-11-20)22-14-16-25-23(18-22)8-6-9-26(25)29(32)33-24-15-17-27(30)28(31)19-24/h15,17,19-23,25-26H,2-14,16,18H2,1H3. The number of halogens is 2. The van der Waals surface area contributed by atoms with Gasteiger partial charge in [0.1, 0.15) is 5.75 Å². The molecule has 1 aromatic carbocycles. The second-order valence-corrected chi connectivity index (χ2v) is 11.2. The highest BCUT2D eigenvalue weighted by Crippen LogP contribution is 2.50. The van der Waals surface area contributed by atoms with E-state index in [0.29, 0.717) is 11.8 Å². The molecule has 0 heterocycles. The van der Waals surface area contributed by atoms with E-state index in [9.17, 15) is 13.6 Å². The fraction of sp³-hybridized carbons (Fsp3) is 0.759. The smallest absolute Gasteiger partial charge is 0.314 e. The van der Waals surface area contributed by atoms with E-state index in [2.05, 4.69) is 6.92 Å². The Morgan fingerprint density at radius 2 is 1.67 bits per heavy atom. The van der Waals surface area contributed by atoms with Crippen molar-refractivity contribution in [2.45, 2.75) is 103 Å². The van der Waals surface area contributed by atoms with Crippen molar-refractivity contribution in [1.29, 1.82) is 0 Å².